The first-order valence-corrected chi connectivity index (χ1v) is 5.37. The average molecular weight is 255 g/mol. The number of benzene rings is 1. The van der Waals surface area contributed by atoms with Crippen LogP contribution < -0.4 is 5.32 Å². The van der Waals surface area contributed by atoms with Gasteiger partial charge in [-0.3, -0.25) is 9.78 Å². The molecule has 5 heteroatoms. The second kappa shape index (κ2) is 4.68. The summed E-state index contributed by atoms with van der Waals surface area (Å²) in [5.74, 6) is 0. The number of halogens is 2. The van der Waals surface area contributed by atoms with E-state index >= 15 is 0 Å². The van der Waals surface area contributed by atoms with Gasteiger partial charge in [-0.15, -0.1) is 0 Å². The Morgan fingerprint density at radius 2 is 2.19 bits per heavy atom. The summed E-state index contributed by atoms with van der Waals surface area (Å²) in [5.41, 5.74) is 1.55. The van der Waals surface area contributed by atoms with Crippen molar-refractivity contribution < 1.29 is 4.79 Å². The van der Waals surface area contributed by atoms with Crippen LogP contribution in [0.4, 0.5) is 0 Å². The minimum atomic E-state index is 0.355. The third kappa shape index (κ3) is 2.10. The van der Waals surface area contributed by atoms with Gasteiger partial charge in [-0.2, -0.15) is 0 Å². The molecule has 16 heavy (non-hydrogen) atoms. The van der Waals surface area contributed by atoms with E-state index in [9.17, 15) is 4.79 Å². The monoisotopic (exact) mass is 254 g/mol. The third-order valence-corrected chi connectivity index (χ3v) is 2.79. The summed E-state index contributed by atoms with van der Waals surface area (Å²) in [4.78, 5) is 14.5. The fourth-order valence-corrected chi connectivity index (χ4v) is 1.91. The van der Waals surface area contributed by atoms with Crippen LogP contribution in [-0.4, -0.2) is 11.4 Å². The Morgan fingerprint density at radius 3 is 2.94 bits per heavy atom. The molecule has 0 saturated carbocycles. The Kier molecular flexibility index (Phi) is 3.27. The first-order chi connectivity index (χ1) is 7.72. The molecule has 0 atom stereocenters. The lowest BCUT2D eigenvalue weighted by atomic mass is 10.1. The molecule has 0 unspecified atom stereocenters. The van der Waals surface area contributed by atoms with Gasteiger partial charge in [-0.1, -0.05) is 29.3 Å². The largest absolute Gasteiger partial charge is 0.354 e. The maximum atomic E-state index is 10.3. The van der Waals surface area contributed by atoms with Crippen LogP contribution in [0.25, 0.3) is 10.9 Å². The molecule has 82 valence electrons. The molecule has 0 bridgehead atoms. The lowest BCUT2D eigenvalue weighted by Crippen LogP contribution is -2.10. The molecule has 3 nitrogen and oxygen atoms in total. The average Bonchev–Trinajstić information content (AvgIpc) is 2.28. The number of carbonyl (C=O) groups excluding carboxylic acids is 1. The number of pyridine rings is 1. The van der Waals surface area contributed by atoms with E-state index in [4.69, 9.17) is 23.2 Å². The van der Waals surface area contributed by atoms with Gasteiger partial charge in [0, 0.05) is 28.7 Å². The second-order valence-electron chi connectivity index (χ2n) is 3.25. The standard InChI is InChI=1S/C11H8Cl2N2O/c12-8-3-7-1-2-10(13)9(5-14-6-16)11(7)15-4-8/h1-4,6H,5H2,(H,14,16). The number of hydrogen-bond acceptors (Lipinski definition) is 2. The number of fused-ring (bicyclic) bond motifs is 1. The normalized spacial score (nSPS) is 10.4. The number of rotatable bonds is 3. The highest BCUT2D eigenvalue weighted by atomic mass is 35.5. The van der Waals surface area contributed by atoms with E-state index in [1.54, 1.807) is 12.3 Å². The summed E-state index contributed by atoms with van der Waals surface area (Å²) in [6.45, 7) is 0.355. The van der Waals surface area contributed by atoms with Crippen molar-refractivity contribution in [1.29, 1.82) is 0 Å². The van der Waals surface area contributed by atoms with Crippen molar-refractivity contribution in [3.63, 3.8) is 0 Å². The molecule has 1 heterocycles. The molecule has 1 aromatic carbocycles. The van der Waals surface area contributed by atoms with Crippen LogP contribution >= 0.6 is 23.2 Å². The van der Waals surface area contributed by atoms with Gasteiger partial charge in [0.25, 0.3) is 0 Å². The predicted octanol–water partition coefficient (Wildman–Crippen LogP) is 2.79. The van der Waals surface area contributed by atoms with E-state index in [2.05, 4.69) is 10.3 Å². The van der Waals surface area contributed by atoms with Crippen LogP contribution in [0, 0.1) is 0 Å². The highest BCUT2D eigenvalue weighted by Gasteiger charge is 2.07. The Labute approximate surface area is 102 Å². The van der Waals surface area contributed by atoms with Crippen LogP contribution in [0.15, 0.2) is 24.4 Å². The van der Waals surface area contributed by atoms with Crippen LogP contribution in [0.2, 0.25) is 10.0 Å². The van der Waals surface area contributed by atoms with Gasteiger partial charge >= 0.3 is 0 Å². The number of amides is 1. The number of nitrogens with one attached hydrogen (secondary N) is 1. The highest BCUT2D eigenvalue weighted by molar-refractivity contribution is 6.33. The molecule has 0 spiro atoms. The summed E-state index contributed by atoms with van der Waals surface area (Å²) in [6, 6.07) is 5.43. The smallest absolute Gasteiger partial charge is 0.207 e. The first-order valence-electron chi connectivity index (χ1n) is 4.62. The van der Waals surface area contributed by atoms with Gasteiger partial charge in [0.1, 0.15) is 0 Å². The number of hydrogen-bond donors (Lipinski definition) is 1. The minimum absolute atomic E-state index is 0.355. The molecule has 2 aromatic rings. The molecule has 1 amide bonds. The molecule has 0 radical (unpaired) electrons. The number of aromatic nitrogens is 1. The van der Waals surface area contributed by atoms with Gasteiger partial charge < -0.3 is 5.32 Å². The van der Waals surface area contributed by atoms with Crippen LogP contribution in [0.1, 0.15) is 5.56 Å². The van der Waals surface area contributed by atoms with Crippen molar-refractivity contribution in [1.82, 2.24) is 10.3 Å². The summed E-state index contributed by atoms with van der Waals surface area (Å²) in [7, 11) is 0. The van der Waals surface area contributed by atoms with E-state index in [-0.39, 0.29) is 0 Å². The summed E-state index contributed by atoms with van der Waals surface area (Å²) in [6.07, 6.45) is 2.19. The fourth-order valence-electron chi connectivity index (χ4n) is 1.52. The molecule has 0 saturated heterocycles. The topological polar surface area (TPSA) is 42.0 Å². The van der Waals surface area contributed by atoms with Gasteiger partial charge in [-0.25, -0.2) is 0 Å². The number of nitrogens with zero attached hydrogens (tertiary/aromatic N) is 1. The highest BCUT2D eigenvalue weighted by Crippen LogP contribution is 2.26. The van der Waals surface area contributed by atoms with Crippen molar-refractivity contribution in [2.75, 3.05) is 0 Å². The van der Waals surface area contributed by atoms with Crippen molar-refractivity contribution in [2.45, 2.75) is 6.54 Å². The zero-order chi connectivity index (χ0) is 11.5. The SMILES string of the molecule is O=CNCc1c(Cl)ccc2cc(Cl)cnc12. The molecule has 0 aliphatic heterocycles. The van der Waals surface area contributed by atoms with Gasteiger partial charge in [0.05, 0.1) is 10.5 Å². The number of carbonyl (C=O) groups is 1. The Morgan fingerprint density at radius 1 is 1.38 bits per heavy atom. The lowest BCUT2D eigenvalue weighted by molar-refractivity contribution is -0.109. The lowest BCUT2D eigenvalue weighted by Gasteiger charge is -2.07. The molecular weight excluding hydrogens is 247 g/mol. The molecule has 0 aliphatic rings. The third-order valence-electron chi connectivity index (χ3n) is 2.23. The second-order valence-corrected chi connectivity index (χ2v) is 4.09. The van der Waals surface area contributed by atoms with Crippen LogP contribution in [0.5, 0.6) is 0 Å². The first kappa shape index (κ1) is 11.2. The molecule has 1 N–H and O–H groups in total. The Hall–Kier alpha value is -1.32. The van der Waals surface area contributed by atoms with Gasteiger partial charge in [-0.05, 0) is 12.1 Å². The predicted molar refractivity (Wildman–Crippen MR) is 64.7 cm³/mol. The zero-order valence-corrected chi connectivity index (χ0v) is 9.72. The molecule has 0 aliphatic carbocycles. The van der Waals surface area contributed by atoms with Crippen LogP contribution in [0.3, 0.4) is 0 Å². The molecular formula is C11H8Cl2N2O. The van der Waals surface area contributed by atoms with Crippen molar-refractivity contribution in [3.8, 4) is 0 Å². The van der Waals surface area contributed by atoms with Crippen molar-refractivity contribution >= 4 is 40.5 Å². The summed E-state index contributed by atoms with van der Waals surface area (Å²) in [5, 5.41) is 4.63. The van der Waals surface area contributed by atoms with Crippen molar-refractivity contribution in [2.24, 2.45) is 0 Å². The molecule has 1 aromatic heterocycles. The molecule has 0 fully saturated rings. The maximum absolute atomic E-state index is 10.3. The Balaban J connectivity index is 2.59. The van der Waals surface area contributed by atoms with E-state index in [0.717, 1.165) is 16.5 Å². The zero-order valence-electron chi connectivity index (χ0n) is 8.21. The van der Waals surface area contributed by atoms with Gasteiger partial charge in [0.15, 0.2) is 0 Å². The fraction of sp³-hybridized carbons (Fsp3) is 0.0909. The van der Waals surface area contributed by atoms with Crippen molar-refractivity contribution in [3.05, 3.63) is 40.0 Å². The quantitative estimate of drug-likeness (QED) is 0.857. The molecule has 2 rings (SSSR count). The summed E-state index contributed by atoms with van der Waals surface area (Å²) < 4.78 is 0. The van der Waals surface area contributed by atoms with E-state index in [1.165, 1.54) is 0 Å². The van der Waals surface area contributed by atoms with E-state index in [1.807, 2.05) is 12.1 Å². The van der Waals surface area contributed by atoms with E-state index in [0.29, 0.717) is 23.0 Å². The minimum Gasteiger partial charge on any atom is -0.354 e. The van der Waals surface area contributed by atoms with Crippen LogP contribution in [-0.2, 0) is 11.3 Å². The van der Waals surface area contributed by atoms with E-state index < -0.39 is 0 Å². The van der Waals surface area contributed by atoms with Gasteiger partial charge in [0.2, 0.25) is 6.41 Å². The summed E-state index contributed by atoms with van der Waals surface area (Å²) >= 11 is 11.9. The maximum Gasteiger partial charge on any atom is 0.207 e. The Bertz CT molecular complexity index is 543.